The molecule has 1 N–H and O–H groups in total. The number of aliphatic carboxylic acids is 1. The monoisotopic (exact) mass is 356 g/mol. The van der Waals surface area contributed by atoms with Gasteiger partial charge in [0.15, 0.2) is 0 Å². The Hall–Kier alpha value is -1.86. The van der Waals surface area contributed by atoms with Gasteiger partial charge < -0.3 is 19.5 Å². The van der Waals surface area contributed by atoms with E-state index in [0.29, 0.717) is 31.2 Å². The van der Waals surface area contributed by atoms with Crippen LogP contribution in [0, 0.1) is 5.92 Å². The van der Waals surface area contributed by atoms with Crippen molar-refractivity contribution < 1.29 is 24.2 Å². The third kappa shape index (κ3) is 4.82. The molecule has 8 heteroatoms. The normalized spacial score (nSPS) is 17.8. The van der Waals surface area contributed by atoms with Gasteiger partial charge in [0.2, 0.25) is 5.88 Å². The molecule has 1 aromatic rings. The molecule has 1 unspecified atom stereocenters. The van der Waals surface area contributed by atoms with E-state index in [1.54, 1.807) is 0 Å². The predicted octanol–water partition coefficient (Wildman–Crippen LogP) is 2.09. The third-order valence-electron chi connectivity index (χ3n) is 3.51. The Morgan fingerprint density at radius 2 is 2.29 bits per heavy atom. The number of aromatic nitrogens is 1. The Labute approximate surface area is 145 Å². The van der Waals surface area contributed by atoms with E-state index in [1.165, 1.54) is 17.2 Å². The first kappa shape index (κ1) is 18.5. The van der Waals surface area contributed by atoms with E-state index in [1.807, 2.05) is 13.8 Å². The van der Waals surface area contributed by atoms with E-state index < -0.39 is 12.0 Å². The number of morpholine rings is 1. The molecule has 0 radical (unpaired) electrons. The van der Waals surface area contributed by atoms with Crippen LogP contribution in [0.1, 0.15) is 30.6 Å². The lowest BCUT2D eigenvalue weighted by Gasteiger charge is -2.34. The van der Waals surface area contributed by atoms with Crippen molar-refractivity contribution in [3.63, 3.8) is 0 Å². The van der Waals surface area contributed by atoms with Crippen molar-refractivity contribution in [1.29, 1.82) is 0 Å². The summed E-state index contributed by atoms with van der Waals surface area (Å²) in [4.78, 5) is 29.2. The number of halogens is 1. The fourth-order valence-corrected chi connectivity index (χ4v) is 2.57. The van der Waals surface area contributed by atoms with Gasteiger partial charge in [-0.25, -0.2) is 4.98 Å². The van der Waals surface area contributed by atoms with Crippen molar-refractivity contribution in [2.45, 2.75) is 26.3 Å². The highest BCUT2D eigenvalue weighted by atomic mass is 35.5. The van der Waals surface area contributed by atoms with Crippen LogP contribution >= 0.6 is 11.6 Å². The summed E-state index contributed by atoms with van der Waals surface area (Å²) in [7, 11) is 0. The van der Waals surface area contributed by atoms with Crippen LogP contribution in [0.3, 0.4) is 0 Å². The Balaban J connectivity index is 2.13. The van der Waals surface area contributed by atoms with Crippen LogP contribution in [-0.4, -0.2) is 59.3 Å². The van der Waals surface area contributed by atoms with Crippen molar-refractivity contribution in [2.24, 2.45) is 5.92 Å². The second-order valence-corrected chi connectivity index (χ2v) is 6.45. The van der Waals surface area contributed by atoms with Gasteiger partial charge in [-0.3, -0.25) is 9.59 Å². The minimum absolute atomic E-state index is 0.164. The fraction of sp³-hybridized carbons (Fsp3) is 0.562. The standard InChI is InChI=1S/C16H21ClN2O5/c1-10(2)8-24-15-13(17)5-11(7-18-15)16(22)19-3-4-23-9-12(19)6-14(20)21/h5,7,10,12H,3-4,6,8-9H2,1-2H3,(H,20,21). The van der Waals surface area contributed by atoms with Crippen LogP contribution in [-0.2, 0) is 9.53 Å². The molecule has 0 bridgehead atoms. The lowest BCUT2D eigenvalue weighted by Crippen LogP contribution is -2.49. The molecule has 24 heavy (non-hydrogen) atoms. The first-order valence-electron chi connectivity index (χ1n) is 7.77. The molecular formula is C16H21ClN2O5. The number of carbonyl (C=O) groups is 2. The van der Waals surface area contributed by atoms with Gasteiger partial charge in [-0.05, 0) is 12.0 Å². The lowest BCUT2D eigenvalue weighted by atomic mass is 10.1. The Bertz CT molecular complexity index is 608. The van der Waals surface area contributed by atoms with Crippen LogP contribution in [0.5, 0.6) is 5.88 Å². The number of carboxylic acids is 1. The molecule has 0 aromatic carbocycles. The molecule has 2 rings (SSSR count). The second-order valence-electron chi connectivity index (χ2n) is 6.04. The van der Waals surface area contributed by atoms with Gasteiger partial charge in [-0.15, -0.1) is 0 Å². The molecule has 1 fully saturated rings. The SMILES string of the molecule is CC(C)COc1ncc(C(=O)N2CCOCC2CC(=O)O)cc1Cl. The first-order chi connectivity index (χ1) is 11.4. The maximum Gasteiger partial charge on any atom is 0.305 e. The number of carbonyl (C=O) groups excluding carboxylic acids is 1. The molecule has 7 nitrogen and oxygen atoms in total. The molecule has 1 saturated heterocycles. The van der Waals surface area contributed by atoms with Gasteiger partial charge in [0.1, 0.15) is 5.02 Å². The summed E-state index contributed by atoms with van der Waals surface area (Å²) in [6.45, 7) is 5.40. The van der Waals surface area contributed by atoms with Crippen molar-refractivity contribution in [3.8, 4) is 5.88 Å². The summed E-state index contributed by atoms with van der Waals surface area (Å²) in [5, 5.41) is 9.23. The van der Waals surface area contributed by atoms with E-state index in [9.17, 15) is 9.59 Å². The Morgan fingerprint density at radius 1 is 1.54 bits per heavy atom. The summed E-state index contributed by atoms with van der Waals surface area (Å²) in [5.74, 6) is -0.675. The predicted molar refractivity (Wildman–Crippen MR) is 87.5 cm³/mol. The van der Waals surface area contributed by atoms with Crippen molar-refractivity contribution in [3.05, 3.63) is 22.8 Å². The van der Waals surface area contributed by atoms with Gasteiger partial charge in [0.05, 0.1) is 37.8 Å². The van der Waals surface area contributed by atoms with Crippen molar-refractivity contribution in [2.75, 3.05) is 26.4 Å². The molecule has 2 heterocycles. The molecule has 1 amide bonds. The second kappa shape index (κ2) is 8.30. The summed E-state index contributed by atoms with van der Waals surface area (Å²) >= 11 is 6.14. The average molecular weight is 357 g/mol. The molecule has 1 atom stereocenters. The minimum atomic E-state index is -0.975. The van der Waals surface area contributed by atoms with Crippen LogP contribution in [0.4, 0.5) is 0 Å². The number of hydrogen-bond donors (Lipinski definition) is 1. The average Bonchev–Trinajstić information content (AvgIpc) is 2.53. The number of nitrogens with zero attached hydrogens (tertiary/aromatic N) is 2. The van der Waals surface area contributed by atoms with E-state index in [2.05, 4.69) is 4.98 Å². The summed E-state index contributed by atoms with van der Waals surface area (Å²) in [6, 6.07) is 0.999. The molecule has 1 aliphatic heterocycles. The molecule has 0 spiro atoms. The zero-order valence-electron chi connectivity index (χ0n) is 13.7. The maximum absolute atomic E-state index is 12.7. The number of ether oxygens (including phenoxy) is 2. The molecule has 132 valence electrons. The van der Waals surface area contributed by atoms with Gasteiger partial charge >= 0.3 is 5.97 Å². The lowest BCUT2D eigenvalue weighted by molar-refractivity contribution is -0.139. The number of amides is 1. The van der Waals surface area contributed by atoms with Crippen molar-refractivity contribution in [1.82, 2.24) is 9.88 Å². The highest BCUT2D eigenvalue weighted by Crippen LogP contribution is 2.24. The Morgan fingerprint density at radius 3 is 2.92 bits per heavy atom. The zero-order chi connectivity index (χ0) is 17.7. The zero-order valence-corrected chi connectivity index (χ0v) is 14.5. The number of hydrogen-bond acceptors (Lipinski definition) is 5. The minimum Gasteiger partial charge on any atom is -0.481 e. The number of rotatable bonds is 6. The van der Waals surface area contributed by atoms with Gasteiger partial charge in [-0.1, -0.05) is 25.4 Å². The Kier molecular flexibility index (Phi) is 6.39. The fourth-order valence-electron chi connectivity index (χ4n) is 2.35. The molecule has 1 aromatic heterocycles. The topological polar surface area (TPSA) is 89.0 Å². The summed E-state index contributed by atoms with van der Waals surface area (Å²) in [5.41, 5.74) is 0.300. The van der Waals surface area contributed by atoms with Crippen LogP contribution in [0.15, 0.2) is 12.3 Å². The third-order valence-corrected chi connectivity index (χ3v) is 3.78. The summed E-state index contributed by atoms with van der Waals surface area (Å²) in [6.07, 6.45) is 1.24. The van der Waals surface area contributed by atoms with E-state index in [4.69, 9.17) is 26.2 Å². The van der Waals surface area contributed by atoms with Crippen LogP contribution in [0.2, 0.25) is 5.02 Å². The highest BCUT2D eigenvalue weighted by Gasteiger charge is 2.30. The summed E-state index contributed by atoms with van der Waals surface area (Å²) < 4.78 is 10.8. The van der Waals surface area contributed by atoms with E-state index in [-0.39, 0.29) is 29.8 Å². The number of carboxylic acid groups (broad SMARTS) is 1. The first-order valence-corrected chi connectivity index (χ1v) is 8.15. The van der Waals surface area contributed by atoms with Crippen molar-refractivity contribution >= 4 is 23.5 Å². The van der Waals surface area contributed by atoms with Gasteiger partial charge in [-0.2, -0.15) is 0 Å². The van der Waals surface area contributed by atoms with E-state index >= 15 is 0 Å². The quantitative estimate of drug-likeness (QED) is 0.839. The maximum atomic E-state index is 12.7. The van der Waals surface area contributed by atoms with Gasteiger partial charge in [0.25, 0.3) is 5.91 Å². The highest BCUT2D eigenvalue weighted by molar-refractivity contribution is 6.32. The molecular weight excluding hydrogens is 336 g/mol. The van der Waals surface area contributed by atoms with Gasteiger partial charge in [0, 0.05) is 12.7 Å². The van der Waals surface area contributed by atoms with E-state index in [0.717, 1.165) is 0 Å². The van der Waals surface area contributed by atoms with Crippen LogP contribution in [0.25, 0.3) is 0 Å². The molecule has 0 saturated carbocycles. The molecule has 1 aliphatic rings. The van der Waals surface area contributed by atoms with Crippen LogP contribution < -0.4 is 4.74 Å². The largest absolute Gasteiger partial charge is 0.481 e. The molecule has 0 aliphatic carbocycles. The smallest absolute Gasteiger partial charge is 0.305 e. The number of pyridine rings is 1.